The lowest BCUT2D eigenvalue weighted by atomic mass is 10.2. The van der Waals surface area contributed by atoms with Crippen LogP contribution in [0.1, 0.15) is 17.7 Å². The molecule has 4 N–H and O–H groups in total. The Balaban J connectivity index is 1.92. The van der Waals surface area contributed by atoms with Crippen LogP contribution in [0.25, 0.3) is 22.3 Å². The molecule has 0 bridgehead atoms. The number of hydrogen-bond donors (Lipinski definition) is 3. The van der Waals surface area contributed by atoms with Crippen molar-refractivity contribution in [1.29, 1.82) is 0 Å². The van der Waals surface area contributed by atoms with Crippen molar-refractivity contribution in [3.63, 3.8) is 0 Å². The summed E-state index contributed by atoms with van der Waals surface area (Å²) in [5.74, 6) is 0. The SMILES string of the molecule is Cc1ccc2cc(-c3cc(CCCN)[nH]n3)[nH]c2c1. The second kappa shape index (κ2) is 4.90. The number of nitrogens with zero attached hydrogens (tertiary/aromatic N) is 1. The number of benzene rings is 1. The van der Waals surface area contributed by atoms with E-state index in [4.69, 9.17) is 5.73 Å². The third kappa shape index (κ3) is 2.39. The fourth-order valence-corrected chi connectivity index (χ4v) is 2.30. The van der Waals surface area contributed by atoms with Crippen LogP contribution in [-0.2, 0) is 6.42 Å². The maximum absolute atomic E-state index is 5.52. The Kier molecular flexibility index (Phi) is 3.09. The first-order valence-corrected chi connectivity index (χ1v) is 6.60. The molecule has 0 radical (unpaired) electrons. The molecule has 0 saturated carbocycles. The maximum atomic E-state index is 5.52. The Hall–Kier alpha value is -2.07. The summed E-state index contributed by atoms with van der Waals surface area (Å²) in [6.07, 6.45) is 1.93. The van der Waals surface area contributed by atoms with Crippen molar-refractivity contribution >= 4 is 10.9 Å². The van der Waals surface area contributed by atoms with Gasteiger partial charge in [-0.05, 0) is 50.1 Å². The van der Waals surface area contributed by atoms with Crippen molar-refractivity contribution in [2.75, 3.05) is 6.54 Å². The van der Waals surface area contributed by atoms with E-state index in [1.165, 1.54) is 10.9 Å². The van der Waals surface area contributed by atoms with Gasteiger partial charge >= 0.3 is 0 Å². The van der Waals surface area contributed by atoms with E-state index in [2.05, 4.69) is 52.4 Å². The molecule has 1 aromatic carbocycles. The molecule has 0 amide bonds. The van der Waals surface area contributed by atoms with E-state index in [0.717, 1.165) is 35.4 Å². The molecule has 2 aromatic heterocycles. The van der Waals surface area contributed by atoms with Crippen molar-refractivity contribution in [1.82, 2.24) is 15.2 Å². The zero-order valence-electron chi connectivity index (χ0n) is 11.0. The van der Waals surface area contributed by atoms with E-state index >= 15 is 0 Å². The average Bonchev–Trinajstić information content (AvgIpc) is 3.01. The van der Waals surface area contributed by atoms with Gasteiger partial charge in [-0.2, -0.15) is 5.10 Å². The topological polar surface area (TPSA) is 70.5 Å². The first-order chi connectivity index (χ1) is 9.26. The molecule has 0 saturated heterocycles. The number of hydrogen-bond acceptors (Lipinski definition) is 2. The van der Waals surface area contributed by atoms with E-state index in [0.29, 0.717) is 6.54 Å². The quantitative estimate of drug-likeness (QED) is 0.670. The second-order valence-electron chi connectivity index (χ2n) is 4.94. The van der Waals surface area contributed by atoms with Gasteiger partial charge in [0.2, 0.25) is 0 Å². The van der Waals surface area contributed by atoms with Gasteiger partial charge < -0.3 is 10.7 Å². The maximum Gasteiger partial charge on any atom is 0.109 e. The minimum atomic E-state index is 0.708. The first kappa shape index (κ1) is 12.0. The Bertz CT molecular complexity index is 693. The number of H-pyrrole nitrogens is 2. The molecular weight excluding hydrogens is 236 g/mol. The van der Waals surface area contributed by atoms with Gasteiger partial charge in [0.25, 0.3) is 0 Å². The number of aromatic nitrogens is 3. The summed E-state index contributed by atoms with van der Waals surface area (Å²) < 4.78 is 0. The third-order valence-electron chi connectivity index (χ3n) is 3.34. The smallest absolute Gasteiger partial charge is 0.109 e. The molecule has 0 spiro atoms. The molecule has 4 heteroatoms. The van der Waals surface area contributed by atoms with Crippen LogP contribution >= 0.6 is 0 Å². The Morgan fingerprint density at radius 1 is 1.21 bits per heavy atom. The van der Waals surface area contributed by atoms with Crippen LogP contribution in [0.15, 0.2) is 30.3 Å². The zero-order valence-corrected chi connectivity index (χ0v) is 11.0. The fraction of sp³-hybridized carbons (Fsp3) is 0.267. The number of aromatic amines is 2. The highest BCUT2D eigenvalue weighted by atomic mass is 15.1. The summed E-state index contributed by atoms with van der Waals surface area (Å²) in [5.41, 5.74) is 11.1. The van der Waals surface area contributed by atoms with Crippen molar-refractivity contribution in [3.05, 3.63) is 41.6 Å². The van der Waals surface area contributed by atoms with Crippen LogP contribution < -0.4 is 5.73 Å². The lowest BCUT2D eigenvalue weighted by molar-refractivity contribution is 0.804. The molecular formula is C15H18N4. The van der Waals surface area contributed by atoms with Crippen molar-refractivity contribution in [2.45, 2.75) is 19.8 Å². The summed E-state index contributed by atoms with van der Waals surface area (Å²) in [6, 6.07) is 10.6. The second-order valence-corrected chi connectivity index (χ2v) is 4.94. The molecule has 0 aliphatic heterocycles. The molecule has 0 fully saturated rings. The molecule has 0 unspecified atom stereocenters. The number of nitrogens with one attached hydrogen (secondary N) is 2. The number of fused-ring (bicyclic) bond motifs is 1. The molecule has 4 nitrogen and oxygen atoms in total. The number of aryl methyl sites for hydroxylation is 2. The van der Waals surface area contributed by atoms with Crippen molar-refractivity contribution in [2.24, 2.45) is 5.73 Å². The van der Waals surface area contributed by atoms with Gasteiger partial charge in [0.15, 0.2) is 0 Å². The van der Waals surface area contributed by atoms with Crippen molar-refractivity contribution in [3.8, 4) is 11.4 Å². The Morgan fingerprint density at radius 3 is 2.95 bits per heavy atom. The van der Waals surface area contributed by atoms with E-state index < -0.39 is 0 Å². The van der Waals surface area contributed by atoms with Gasteiger partial charge in [-0.25, -0.2) is 0 Å². The van der Waals surface area contributed by atoms with E-state index in [1.54, 1.807) is 0 Å². The predicted octanol–water partition coefficient (Wildman–Crippen LogP) is 2.76. The van der Waals surface area contributed by atoms with Crippen LogP contribution in [0.2, 0.25) is 0 Å². The third-order valence-corrected chi connectivity index (χ3v) is 3.34. The van der Waals surface area contributed by atoms with Gasteiger partial charge in [0.1, 0.15) is 5.69 Å². The molecule has 98 valence electrons. The summed E-state index contributed by atoms with van der Waals surface area (Å²) in [5, 5.41) is 8.64. The van der Waals surface area contributed by atoms with E-state index in [9.17, 15) is 0 Å². The zero-order chi connectivity index (χ0) is 13.2. The van der Waals surface area contributed by atoms with Gasteiger partial charge in [0, 0.05) is 16.6 Å². The van der Waals surface area contributed by atoms with Gasteiger partial charge in [-0.15, -0.1) is 0 Å². The van der Waals surface area contributed by atoms with Gasteiger partial charge in [-0.3, -0.25) is 5.10 Å². The standard InChI is InChI=1S/C15H18N4/c1-10-4-5-11-8-14(17-13(11)7-10)15-9-12(18-19-15)3-2-6-16/h4-5,7-9,17H,2-3,6,16H2,1H3,(H,18,19). The molecule has 3 rings (SSSR count). The average molecular weight is 254 g/mol. The predicted molar refractivity (Wildman–Crippen MR) is 78.0 cm³/mol. The highest BCUT2D eigenvalue weighted by molar-refractivity contribution is 5.85. The van der Waals surface area contributed by atoms with Crippen LogP contribution in [0.5, 0.6) is 0 Å². The van der Waals surface area contributed by atoms with Gasteiger partial charge in [-0.1, -0.05) is 12.1 Å². The first-order valence-electron chi connectivity index (χ1n) is 6.60. The Morgan fingerprint density at radius 2 is 2.11 bits per heavy atom. The molecule has 2 heterocycles. The normalized spacial score (nSPS) is 11.3. The summed E-state index contributed by atoms with van der Waals surface area (Å²) in [6.45, 7) is 2.81. The largest absolute Gasteiger partial charge is 0.353 e. The highest BCUT2D eigenvalue weighted by Crippen LogP contribution is 2.24. The van der Waals surface area contributed by atoms with E-state index in [1.807, 2.05) is 0 Å². The summed E-state index contributed by atoms with van der Waals surface area (Å²) >= 11 is 0. The molecule has 19 heavy (non-hydrogen) atoms. The number of nitrogens with two attached hydrogens (primary N) is 1. The fourth-order valence-electron chi connectivity index (χ4n) is 2.30. The molecule has 0 aliphatic carbocycles. The molecule has 3 aromatic rings. The lowest BCUT2D eigenvalue weighted by Gasteiger charge is -1.92. The Labute approximate surface area is 112 Å². The summed E-state index contributed by atoms with van der Waals surface area (Å²) in [4.78, 5) is 3.41. The van der Waals surface area contributed by atoms with Crippen molar-refractivity contribution < 1.29 is 0 Å². The van der Waals surface area contributed by atoms with Crippen LogP contribution in [0.3, 0.4) is 0 Å². The molecule has 0 atom stereocenters. The van der Waals surface area contributed by atoms with E-state index in [-0.39, 0.29) is 0 Å². The monoisotopic (exact) mass is 254 g/mol. The number of rotatable bonds is 4. The molecule has 0 aliphatic rings. The minimum Gasteiger partial charge on any atom is -0.353 e. The van der Waals surface area contributed by atoms with Crippen LogP contribution in [0.4, 0.5) is 0 Å². The lowest BCUT2D eigenvalue weighted by Crippen LogP contribution is -2.00. The van der Waals surface area contributed by atoms with Gasteiger partial charge in [0.05, 0.1) is 5.69 Å². The highest BCUT2D eigenvalue weighted by Gasteiger charge is 2.07. The summed E-state index contributed by atoms with van der Waals surface area (Å²) in [7, 11) is 0. The van der Waals surface area contributed by atoms with Crippen LogP contribution in [-0.4, -0.2) is 21.7 Å². The minimum absolute atomic E-state index is 0.708. The van der Waals surface area contributed by atoms with Crippen LogP contribution in [0, 0.1) is 6.92 Å².